The van der Waals surface area contributed by atoms with Gasteiger partial charge in [-0.1, -0.05) is 22.0 Å². The lowest BCUT2D eigenvalue weighted by Crippen LogP contribution is -2.31. The Morgan fingerprint density at radius 3 is 2.43 bits per heavy atom. The van der Waals surface area contributed by atoms with Crippen LogP contribution in [0.1, 0.15) is 22.0 Å². The van der Waals surface area contributed by atoms with E-state index < -0.39 is 17.8 Å². The molecular weight excluding hydrogens is 433 g/mol. The van der Waals surface area contributed by atoms with E-state index in [0.717, 1.165) is 15.4 Å². The fraction of sp³-hybridized carbons (Fsp3) is 0.231. The average molecular weight is 444 g/mol. The van der Waals surface area contributed by atoms with Gasteiger partial charge in [0.1, 0.15) is 0 Å². The van der Waals surface area contributed by atoms with Crippen LogP contribution in [0.15, 0.2) is 38.6 Å². The van der Waals surface area contributed by atoms with Crippen LogP contribution in [0, 0.1) is 0 Å². The lowest BCUT2D eigenvalue weighted by molar-refractivity contribution is -0.138. The summed E-state index contributed by atoms with van der Waals surface area (Å²) >= 11 is 7.87. The molecule has 0 radical (unpaired) electrons. The summed E-state index contributed by atoms with van der Waals surface area (Å²) in [4.78, 5) is 0.945. The highest BCUT2D eigenvalue weighted by Crippen LogP contribution is 2.37. The molecule has 2 nitrogen and oxygen atoms in total. The van der Waals surface area contributed by atoms with Crippen LogP contribution in [-0.2, 0) is 12.6 Å². The van der Waals surface area contributed by atoms with E-state index in [4.69, 9.17) is 5.84 Å². The van der Waals surface area contributed by atoms with Gasteiger partial charge >= 0.3 is 6.18 Å². The maximum absolute atomic E-state index is 13.2. The first kappa shape index (κ1) is 17.0. The minimum atomic E-state index is -4.43. The lowest BCUT2D eigenvalue weighted by atomic mass is 9.97. The first-order valence-electron chi connectivity index (χ1n) is 5.87. The topological polar surface area (TPSA) is 38.0 Å². The molecule has 0 amide bonds. The zero-order chi connectivity index (χ0) is 15.6. The van der Waals surface area contributed by atoms with Crippen LogP contribution < -0.4 is 11.3 Å². The Balaban J connectivity index is 2.38. The highest BCUT2D eigenvalue weighted by molar-refractivity contribution is 9.10. The number of alkyl halides is 3. The largest absolute Gasteiger partial charge is 0.416 e. The number of thiophene rings is 1. The van der Waals surface area contributed by atoms with E-state index in [-0.39, 0.29) is 5.56 Å². The molecular formula is C13H11Br2F3N2S. The van der Waals surface area contributed by atoms with Crippen molar-refractivity contribution < 1.29 is 13.2 Å². The van der Waals surface area contributed by atoms with Crippen molar-refractivity contribution >= 4 is 43.2 Å². The predicted molar refractivity (Wildman–Crippen MR) is 84.9 cm³/mol. The molecule has 0 aliphatic heterocycles. The van der Waals surface area contributed by atoms with E-state index in [1.54, 1.807) is 6.07 Å². The highest BCUT2D eigenvalue weighted by atomic mass is 79.9. The minimum Gasteiger partial charge on any atom is -0.271 e. The summed E-state index contributed by atoms with van der Waals surface area (Å²) in [6.07, 6.45) is -4.04. The Morgan fingerprint density at radius 1 is 1.19 bits per heavy atom. The zero-order valence-electron chi connectivity index (χ0n) is 10.5. The van der Waals surface area contributed by atoms with Gasteiger partial charge in [0.2, 0.25) is 0 Å². The molecule has 0 saturated heterocycles. The Bertz CT molecular complexity index is 628. The maximum Gasteiger partial charge on any atom is 0.416 e. The molecule has 2 aromatic rings. The van der Waals surface area contributed by atoms with Crippen LogP contribution in [0.4, 0.5) is 13.2 Å². The zero-order valence-corrected chi connectivity index (χ0v) is 14.5. The third-order valence-corrected chi connectivity index (χ3v) is 5.14. The Kier molecular flexibility index (Phi) is 5.48. The van der Waals surface area contributed by atoms with Gasteiger partial charge in [-0.25, -0.2) is 0 Å². The summed E-state index contributed by atoms with van der Waals surface area (Å²) < 4.78 is 40.8. The number of nitrogens with one attached hydrogen (secondary N) is 1. The Morgan fingerprint density at radius 2 is 1.90 bits per heavy atom. The van der Waals surface area contributed by atoms with E-state index in [1.165, 1.54) is 17.4 Å². The second-order valence-electron chi connectivity index (χ2n) is 4.38. The van der Waals surface area contributed by atoms with Gasteiger partial charge in [-0.3, -0.25) is 11.3 Å². The van der Waals surface area contributed by atoms with Gasteiger partial charge in [-0.15, -0.1) is 11.3 Å². The molecule has 2 rings (SSSR count). The SMILES string of the molecule is NNC(Cc1cc(Br)cs1)c1ccc(Br)cc1C(F)(F)F. The Hall–Kier alpha value is -0.410. The number of hydrogen-bond acceptors (Lipinski definition) is 3. The van der Waals surface area contributed by atoms with Gasteiger partial charge in [-0.05, 0) is 39.7 Å². The summed E-state index contributed by atoms with van der Waals surface area (Å²) in [5.41, 5.74) is 1.94. The number of benzene rings is 1. The summed E-state index contributed by atoms with van der Waals surface area (Å²) in [6, 6.07) is 5.37. The lowest BCUT2D eigenvalue weighted by Gasteiger charge is -2.21. The van der Waals surface area contributed by atoms with Crippen LogP contribution in [0.3, 0.4) is 0 Å². The van der Waals surface area contributed by atoms with Gasteiger partial charge in [-0.2, -0.15) is 13.2 Å². The molecule has 0 fully saturated rings. The predicted octanol–water partition coefficient (Wildman–Crippen LogP) is 5.04. The van der Waals surface area contributed by atoms with Crippen molar-refractivity contribution in [3.63, 3.8) is 0 Å². The molecule has 21 heavy (non-hydrogen) atoms. The Labute approximate surface area is 140 Å². The molecule has 0 saturated carbocycles. The van der Waals surface area contributed by atoms with Crippen molar-refractivity contribution in [1.29, 1.82) is 0 Å². The molecule has 3 N–H and O–H groups in total. The van der Waals surface area contributed by atoms with E-state index in [1.807, 2.05) is 11.4 Å². The van der Waals surface area contributed by atoms with Crippen molar-refractivity contribution in [2.45, 2.75) is 18.6 Å². The molecule has 0 aliphatic rings. The fourth-order valence-corrected chi connectivity index (χ4v) is 3.86. The minimum absolute atomic E-state index is 0.137. The molecule has 114 valence electrons. The van der Waals surface area contributed by atoms with Gasteiger partial charge in [0.05, 0.1) is 11.6 Å². The molecule has 0 bridgehead atoms. The summed E-state index contributed by atoms with van der Waals surface area (Å²) in [5.74, 6) is 5.47. The molecule has 0 spiro atoms. The smallest absolute Gasteiger partial charge is 0.271 e. The molecule has 1 aromatic carbocycles. The van der Waals surface area contributed by atoms with Crippen LogP contribution in [0.25, 0.3) is 0 Å². The normalized spacial score (nSPS) is 13.4. The van der Waals surface area contributed by atoms with Crippen molar-refractivity contribution in [2.75, 3.05) is 0 Å². The third-order valence-electron chi connectivity index (χ3n) is 2.92. The molecule has 0 aliphatic carbocycles. The molecule has 1 heterocycles. The highest BCUT2D eigenvalue weighted by Gasteiger charge is 2.35. The average Bonchev–Trinajstić information content (AvgIpc) is 2.81. The van der Waals surface area contributed by atoms with E-state index in [2.05, 4.69) is 37.3 Å². The standard InChI is InChI=1S/C13H11Br2F3N2S/c14-7-1-2-10(11(4-7)13(16,17)18)12(20-19)5-9-3-8(15)6-21-9/h1-4,6,12,20H,5,19H2. The van der Waals surface area contributed by atoms with E-state index in [9.17, 15) is 13.2 Å². The first-order chi connectivity index (χ1) is 9.81. The van der Waals surface area contributed by atoms with Crippen molar-refractivity contribution in [2.24, 2.45) is 5.84 Å². The van der Waals surface area contributed by atoms with Crippen LogP contribution >= 0.6 is 43.2 Å². The van der Waals surface area contributed by atoms with Gasteiger partial charge in [0.15, 0.2) is 0 Å². The second kappa shape index (κ2) is 6.78. The quantitative estimate of drug-likeness (QED) is 0.513. The number of halogens is 5. The van der Waals surface area contributed by atoms with Gasteiger partial charge in [0.25, 0.3) is 0 Å². The number of hydrazine groups is 1. The third kappa shape index (κ3) is 4.29. The molecule has 1 aromatic heterocycles. The molecule has 8 heteroatoms. The molecule has 1 atom stereocenters. The monoisotopic (exact) mass is 442 g/mol. The van der Waals surface area contributed by atoms with E-state index in [0.29, 0.717) is 10.9 Å². The summed E-state index contributed by atoms with van der Waals surface area (Å²) in [5, 5.41) is 1.88. The summed E-state index contributed by atoms with van der Waals surface area (Å²) in [6.45, 7) is 0. The van der Waals surface area contributed by atoms with Crippen LogP contribution in [0.5, 0.6) is 0 Å². The summed E-state index contributed by atoms with van der Waals surface area (Å²) in [7, 11) is 0. The second-order valence-corrected chi connectivity index (χ2v) is 7.21. The van der Waals surface area contributed by atoms with Crippen LogP contribution in [-0.4, -0.2) is 0 Å². The fourth-order valence-electron chi connectivity index (χ4n) is 2.00. The van der Waals surface area contributed by atoms with Crippen LogP contribution in [0.2, 0.25) is 0 Å². The van der Waals surface area contributed by atoms with E-state index >= 15 is 0 Å². The molecule has 1 unspecified atom stereocenters. The van der Waals surface area contributed by atoms with Crippen molar-refractivity contribution in [3.05, 3.63) is 54.6 Å². The number of nitrogens with two attached hydrogens (primary N) is 1. The maximum atomic E-state index is 13.2. The van der Waals surface area contributed by atoms with Gasteiger partial charge in [0, 0.05) is 25.6 Å². The number of hydrogen-bond donors (Lipinski definition) is 2. The first-order valence-corrected chi connectivity index (χ1v) is 8.33. The number of rotatable bonds is 4. The van der Waals surface area contributed by atoms with Crippen molar-refractivity contribution in [1.82, 2.24) is 5.43 Å². The van der Waals surface area contributed by atoms with Crippen molar-refractivity contribution in [3.8, 4) is 0 Å². The van der Waals surface area contributed by atoms with Gasteiger partial charge < -0.3 is 0 Å².